The summed E-state index contributed by atoms with van der Waals surface area (Å²) in [7, 11) is 0. The molecule has 1 aromatic carbocycles. The average Bonchev–Trinajstić information content (AvgIpc) is 2.85. The molecule has 3 nitrogen and oxygen atoms in total. The topological polar surface area (TPSA) is 26.2 Å². The molecule has 0 aliphatic carbocycles. The van der Waals surface area contributed by atoms with Crippen molar-refractivity contribution in [2.24, 2.45) is 0 Å². The van der Waals surface area contributed by atoms with Gasteiger partial charge in [0.15, 0.2) is 0 Å². The van der Waals surface area contributed by atoms with Crippen LogP contribution in [0, 0.1) is 0 Å². The molecule has 96 valence electrons. The summed E-state index contributed by atoms with van der Waals surface area (Å²) in [5.41, 5.74) is 2.33. The molecule has 0 atom stereocenters. The number of ether oxygens (including phenoxy) is 1. The van der Waals surface area contributed by atoms with Crippen molar-refractivity contribution in [3.8, 4) is 5.75 Å². The third-order valence-electron chi connectivity index (χ3n) is 2.91. The Kier molecular flexibility index (Phi) is 4.29. The summed E-state index contributed by atoms with van der Waals surface area (Å²) in [6.07, 6.45) is 2.10. The average molecular weight is 244 g/mol. The van der Waals surface area contributed by atoms with Crippen molar-refractivity contribution in [3.05, 3.63) is 48.3 Å². The largest absolute Gasteiger partial charge is 0.492 e. The maximum atomic E-state index is 5.59. The van der Waals surface area contributed by atoms with Gasteiger partial charge in [0, 0.05) is 18.4 Å². The number of anilines is 1. The SMILES string of the molecule is CCOc1ccccc1NCc1cccn1CC. The van der Waals surface area contributed by atoms with Crippen LogP contribution in [0.4, 0.5) is 5.69 Å². The van der Waals surface area contributed by atoms with Crippen LogP contribution in [-0.4, -0.2) is 11.2 Å². The van der Waals surface area contributed by atoms with E-state index in [1.54, 1.807) is 0 Å². The molecule has 0 aliphatic rings. The fraction of sp³-hybridized carbons (Fsp3) is 0.333. The molecule has 3 heteroatoms. The smallest absolute Gasteiger partial charge is 0.142 e. The molecule has 1 aromatic heterocycles. The van der Waals surface area contributed by atoms with Gasteiger partial charge in [0.05, 0.1) is 18.8 Å². The van der Waals surface area contributed by atoms with Gasteiger partial charge in [-0.15, -0.1) is 0 Å². The molecule has 0 unspecified atom stereocenters. The van der Waals surface area contributed by atoms with Crippen molar-refractivity contribution in [1.29, 1.82) is 0 Å². The molecule has 1 heterocycles. The van der Waals surface area contributed by atoms with Crippen LogP contribution in [0.15, 0.2) is 42.6 Å². The summed E-state index contributed by atoms with van der Waals surface area (Å²) in [5.74, 6) is 0.912. The number of rotatable bonds is 6. The summed E-state index contributed by atoms with van der Waals surface area (Å²) < 4.78 is 7.83. The third-order valence-corrected chi connectivity index (χ3v) is 2.91. The number of nitrogens with zero attached hydrogens (tertiary/aromatic N) is 1. The van der Waals surface area contributed by atoms with Gasteiger partial charge in [-0.05, 0) is 38.1 Å². The standard InChI is InChI=1S/C15H20N2O/c1-3-17-11-7-8-13(17)12-16-14-9-5-6-10-15(14)18-4-2/h5-11,16H,3-4,12H2,1-2H3. The van der Waals surface area contributed by atoms with E-state index in [0.717, 1.165) is 24.5 Å². The van der Waals surface area contributed by atoms with Crippen molar-refractivity contribution in [2.45, 2.75) is 26.9 Å². The van der Waals surface area contributed by atoms with E-state index >= 15 is 0 Å². The molecule has 2 rings (SSSR count). The molecular formula is C15H20N2O. The number of para-hydroxylation sites is 2. The zero-order chi connectivity index (χ0) is 12.8. The van der Waals surface area contributed by atoms with E-state index in [1.165, 1.54) is 5.69 Å². The lowest BCUT2D eigenvalue weighted by Crippen LogP contribution is -2.07. The summed E-state index contributed by atoms with van der Waals surface area (Å²) in [5, 5.41) is 3.43. The van der Waals surface area contributed by atoms with Gasteiger partial charge in [0.2, 0.25) is 0 Å². The fourth-order valence-electron chi connectivity index (χ4n) is 2.00. The predicted octanol–water partition coefficient (Wildman–Crippen LogP) is 3.52. The fourth-order valence-corrected chi connectivity index (χ4v) is 2.00. The van der Waals surface area contributed by atoms with E-state index in [2.05, 4.69) is 35.1 Å². The molecule has 0 spiro atoms. The van der Waals surface area contributed by atoms with Crippen LogP contribution >= 0.6 is 0 Å². The third kappa shape index (κ3) is 2.86. The van der Waals surface area contributed by atoms with Crippen LogP contribution in [0.1, 0.15) is 19.5 Å². The van der Waals surface area contributed by atoms with Crippen LogP contribution in [0.3, 0.4) is 0 Å². The highest BCUT2D eigenvalue weighted by Crippen LogP contribution is 2.24. The minimum Gasteiger partial charge on any atom is -0.492 e. The van der Waals surface area contributed by atoms with Crippen molar-refractivity contribution >= 4 is 5.69 Å². The zero-order valence-corrected chi connectivity index (χ0v) is 11.0. The highest BCUT2D eigenvalue weighted by atomic mass is 16.5. The summed E-state index contributed by atoms with van der Waals surface area (Å²) in [6.45, 7) is 6.64. The van der Waals surface area contributed by atoms with Gasteiger partial charge in [0.25, 0.3) is 0 Å². The minimum atomic E-state index is 0.685. The lowest BCUT2D eigenvalue weighted by Gasteiger charge is -2.13. The Morgan fingerprint density at radius 1 is 1.11 bits per heavy atom. The molecule has 0 bridgehead atoms. The number of hydrogen-bond donors (Lipinski definition) is 1. The Bertz CT molecular complexity index is 491. The van der Waals surface area contributed by atoms with Gasteiger partial charge in [-0.2, -0.15) is 0 Å². The van der Waals surface area contributed by atoms with E-state index in [1.807, 2.05) is 31.2 Å². The van der Waals surface area contributed by atoms with Crippen LogP contribution < -0.4 is 10.1 Å². The Labute approximate surface area is 108 Å². The molecule has 0 aliphatic heterocycles. The van der Waals surface area contributed by atoms with E-state index in [-0.39, 0.29) is 0 Å². The number of hydrogen-bond acceptors (Lipinski definition) is 2. The number of nitrogens with one attached hydrogen (secondary N) is 1. The Balaban J connectivity index is 2.06. The second-order valence-electron chi connectivity index (χ2n) is 4.07. The number of aryl methyl sites for hydroxylation is 1. The molecule has 1 N–H and O–H groups in total. The maximum absolute atomic E-state index is 5.59. The Morgan fingerprint density at radius 2 is 1.94 bits per heavy atom. The monoisotopic (exact) mass is 244 g/mol. The number of benzene rings is 1. The van der Waals surface area contributed by atoms with Gasteiger partial charge in [-0.25, -0.2) is 0 Å². The van der Waals surface area contributed by atoms with Crippen molar-refractivity contribution in [3.63, 3.8) is 0 Å². The second-order valence-corrected chi connectivity index (χ2v) is 4.07. The minimum absolute atomic E-state index is 0.685. The van der Waals surface area contributed by atoms with Crippen LogP contribution in [-0.2, 0) is 13.1 Å². The van der Waals surface area contributed by atoms with Crippen molar-refractivity contribution in [1.82, 2.24) is 4.57 Å². The van der Waals surface area contributed by atoms with Gasteiger partial charge in [-0.3, -0.25) is 0 Å². The highest BCUT2D eigenvalue weighted by molar-refractivity contribution is 5.56. The van der Waals surface area contributed by atoms with E-state index in [4.69, 9.17) is 4.74 Å². The predicted molar refractivity (Wildman–Crippen MR) is 75.0 cm³/mol. The normalized spacial score (nSPS) is 10.3. The van der Waals surface area contributed by atoms with Gasteiger partial charge in [-0.1, -0.05) is 12.1 Å². The number of aromatic nitrogens is 1. The first-order valence-electron chi connectivity index (χ1n) is 6.44. The lowest BCUT2D eigenvalue weighted by atomic mass is 10.3. The zero-order valence-electron chi connectivity index (χ0n) is 11.0. The molecule has 0 saturated carbocycles. The van der Waals surface area contributed by atoms with Gasteiger partial charge >= 0.3 is 0 Å². The van der Waals surface area contributed by atoms with E-state index in [0.29, 0.717) is 6.61 Å². The lowest BCUT2D eigenvalue weighted by molar-refractivity contribution is 0.341. The first-order chi connectivity index (χ1) is 8.85. The quantitative estimate of drug-likeness (QED) is 0.841. The summed E-state index contributed by atoms with van der Waals surface area (Å²) >= 11 is 0. The van der Waals surface area contributed by atoms with Gasteiger partial charge in [0.1, 0.15) is 5.75 Å². The van der Waals surface area contributed by atoms with Crippen LogP contribution in [0.2, 0.25) is 0 Å². The first kappa shape index (κ1) is 12.6. The van der Waals surface area contributed by atoms with E-state index < -0.39 is 0 Å². The van der Waals surface area contributed by atoms with Crippen molar-refractivity contribution in [2.75, 3.05) is 11.9 Å². The molecule has 0 fully saturated rings. The molecule has 2 aromatic rings. The highest BCUT2D eigenvalue weighted by Gasteiger charge is 2.03. The Morgan fingerprint density at radius 3 is 2.72 bits per heavy atom. The summed E-state index contributed by atoms with van der Waals surface area (Å²) in [6, 6.07) is 12.3. The van der Waals surface area contributed by atoms with Crippen LogP contribution in [0.25, 0.3) is 0 Å². The van der Waals surface area contributed by atoms with Crippen LogP contribution in [0.5, 0.6) is 5.75 Å². The van der Waals surface area contributed by atoms with Gasteiger partial charge < -0.3 is 14.6 Å². The molecule has 0 amide bonds. The summed E-state index contributed by atoms with van der Waals surface area (Å²) in [4.78, 5) is 0. The second kappa shape index (κ2) is 6.15. The molecule has 18 heavy (non-hydrogen) atoms. The Hall–Kier alpha value is -1.90. The molecule has 0 saturated heterocycles. The first-order valence-corrected chi connectivity index (χ1v) is 6.44. The molecule has 0 radical (unpaired) electrons. The maximum Gasteiger partial charge on any atom is 0.142 e. The molecular weight excluding hydrogens is 224 g/mol. The van der Waals surface area contributed by atoms with Crippen molar-refractivity contribution < 1.29 is 4.74 Å². The van der Waals surface area contributed by atoms with E-state index in [9.17, 15) is 0 Å².